The van der Waals surface area contributed by atoms with Crippen LogP contribution in [0.4, 0.5) is 0 Å². The third-order valence-electron chi connectivity index (χ3n) is 3.69. The summed E-state index contributed by atoms with van der Waals surface area (Å²) in [6, 6.07) is 8.29. The van der Waals surface area contributed by atoms with Crippen LogP contribution in [0.1, 0.15) is 17.6 Å². The summed E-state index contributed by atoms with van der Waals surface area (Å²) in [5, 5.41) is 6.57. The van der Waals surface area contributed by atoms with Gasteiger partial charge in [-0.2, -0.15) is 0 Å². The molecule has 2 heterocycles. The fraction of sp³-hybridized carbons (Fsp3) is 0.471. The average Bonchev–Trinajstić information content (AvgIpc) is 3.03. The molecule has 4 nitrogen and oxygen atoms in total. The van der Waals surface area contributed by atoms with Crippen LogP contribution in [0, 0.1) is 0 Å². The number of aromatic nitrogens is 1. The maximum atomic E-state index is 5.84. The third kappa shape index (κ3) is 5.21. The quantitative estimate of drug-likeness (QED) is 0.777. The molecular weight excluding hydrogens is 326 g/mol. The Balaban J connectivity index is 1.48. The molecule has 6 heteroatoms. The minimum absolute atomic E-state index is 0.548. The van der Waals surface area contributed by atoms with Gasteiger partial charge in [0.1, 0.15) is 17.4 Å². The number of piperazine rings is 1. The van der Waals surface area contributed by atoms with Crippen LogP contribution in [-0.2, 0) is 13.2 Å². The predicted molar refractivity (Wildman–Crippen MR) is 97.4 cm³/mol. The lowest BCUT2D eigenvalue weighted by Crippen LogP contribution is -2.42. The van der Waals surface area contributed by atoms with Gasteiger partial charge >= 0.3 is 0 Å². The summed E-state index contributed by atoms with van der Waals surface area (Å²) in [6.07, 6.45) is 0. The van der Waals surface area contributed by atoms with E-state index in [4.69, 9.17) is 9.72 Å². The Kier molecular flexibility index (Phi) is 6.33. The highest BCUT2D eigenvalue weighted by atomic mass is 32.2. The van der Waals surface area contributed by atoms with Crippen molar-refractivity contribution in [2.24, 2.45) is 0 Å². The van der Waals surface area contributed by atoms with Crippen LogP contribution in [0.5, 0.6) is 5.75 Å². The molecule has 1 fully saturated rings. The van der Waals surface area contributed by atoms with Crippen molar-refractivity contribution in [2.75, 3.05) is 31.9 Å². The van der Waals surface area contributed by atoms with Gasteiger partial charge in [0, 0.05) is 43.0 Å². The second-order valence-corrected chi connectivity index (χ2v) is 7.73. The minimum atomic E-state index is 0.548. The summed E-state index contributed by atoms with van der Waals surface area (Å²) in [5.41, 5.74) is 1.16. The molecule has 0 bridgehead atoms. The molecule has 124 valence electrons. The van der Waals surface area contributed by atoms with E-state index in [9.17, 15) is 0 Å². The maximum absolute atomic E-state index is 5.84. The molecule has 1 aliphatic rings. The van der Waals surface area contributed by atoms with Crippen LogP contribution in [0.15, 0.2) is 34.5 Å². The third-order valence-corrected chi connectivity index (χ3v) is 5.46. The fourth-order valence-electron chi connectivity index (χ4n) is 2.53. The maximum Gasteiger partial charge on any atom is 0.140 e. The molecule has 0 spiro atoms. The largest absolute Gasteiger partial charge is 0.486 e. The molecule has 0 atom stereocenters. The second kappa shape index (κ2) is 8.68. The molecular formula is C17H23N3OS2. The van der Waals surface area contributed by atoms with Crippen molar-refractivity contribution in [3.63, 3.8) is 0 Å². The smallest absolute Gasteiger partial charge is 0.140 e. The number of ether oxygens (including phenoxy) is 1. The number of nitrogens with zero attached hydrogens (tertiary/aromatic N) is 2. The zero-order valence-electron chi connectivity index (χ0n) is 13.5. The van der Waals surface area contributed by atoms with E-state index in [1.807, 2.05) is 23.9 Å². The Morgan fingerprint density at radius 1 is 1.26 bits per heavy atom. The van der Waals surface area contributed by atoms with Crippen molar-refractivity contribution in [3.8, 4) is 5.75 Å². The van der Waals surface area contributed by atoms with Gasteiger partial charge in [-0.1, -0.05) is 6.92 Å². The van der Waals surface area contributed by atoms with E-state index in [1.165, 1.54) is 4.90 Å². The average molecular weight is 350 g/mol. The van der Waals surface area contributed by atoms with Crippen LogP contribution < -0.4 is 10.1 Å². The van der Waals surface area contributed by atoms with Gasteiger partial charge < -0.3 is 10.1 Å². The van der Waals surface area contributed by atoms with Gasteiger partial charge in [-0.15, -0.1) is 23.1 Å². The number of hydrogen-bond donors (Lipinski definition) is 1. The molecule has 0 amide bonds. The van der Waals surface area contributed by atoms with Crippen LogP contribution >= 0.6 is 23.1 Å². The van der Waals surface area contributed by atoms with Crippen LogP contribution in [-0.4, -0.2) is 41.8 Å². The monoisotopic (exact) mass is 349 g/mol. The molecule has 2 aromatic rings. The first-order valence-electron chi connectivity index (χ1n) is 8.05. The number of thiazole rings is 1. The SMILES string of the molecule is CCSc1ccc(OCc2nc(CN3CCNCC3)cs2)cc1. The van der Waals surface area contributed by atoms with Gasteiger partial charge in [0.2, 0.25) is 0 Å². The molecule has 1 N–H and O–H groups in total. The highest BCUT2D eigenvalue weighted by Crippen LogP contribution is 2.22. The van der Waals surface area contributed by atoms with Crippen molar-refractivity contribution < 1.29 is 4.74 Å². The van der Waals surface area contributed by atoms with Crippen LogP contribution in [0.2, 0.25) is 0 Å². The van der Waals surface area contributed by atoms with Gasteiger partial charge in [0.15, 0.2) is 0 Å². The highest BCUT2D eigenvalue weighted by molar-refractivity contribution is 7.99. The molecule has 1 aromatic heterocycles. The molecule has 0 radical (unpaired) electrons. The van der Waals surface area contributed by atoms with E-state index in [0.717, 1.165) is 54.9 Å². The van der Waals surface area contributed by atoms with E-state index in [1.54, 1.807) is 11.3 Å². The standard InChI is InChI=1S/C17H23N3OS2/c1-2-22-16-5-3-15(4-6-16)21-12-17-19-14(13-23-17)11-20-9-7-18-8-10-20/h3-6,13,18H,2,7-12H2,1H3. The fourth-order valence-corrected chi connectivity index (χ4v) is 3.89. The Bertz CT molecular complexity index is 594. The highest BCUT2D eigenvalue weighted by Gasteiger charge is 2.12. The summed E-state index contributed by atoms with van der Waals surface area (Å²) < 4.78 is 5.84. The Morgan fingerprint density at radius 3 is 2.78 bits per heavy atom. The van der Waals surface area contributed by atoms with Crippen molar-refractivity contribution in [2.45, 2.75) is 25.0 Å². The number of rotatable bonds is 7. The molecule has 1 saturated heterocycles. The summed E-state index contributed by atoms with van der Waals surface area (Å²) in [6.45, 7) is 8.01. The molecule has 0 saturated carbocycles. The summed E-state index contributed by atoms with van der Waals surface area (Å²) in [4.78, 5) is 8.42. The van der Waals surface area contributed by atoms with Crippen molar-refractivity contribution in [3.05, 3.63) is 40.3 Å². The van der Waals surface area contributed by atoms with Gasteiger partial charge in [-0.3, -0.25) is 4.90 Å². The predicted octanol–water partition coefficient (Wildman–Crippen LogP) is 3.24. The minimum Gasteiger partial charge on any atom is -0.486 e. The van der Waals surface area contributed by atoms with E-state index in [2.05, 4.69) is 34.7 Å². The Labute approximate surface area is 146 Å². The first kappa shape index (κ1) is 16.8. The van der Waals surface area contributed by atoms with Gasteiger partial charge in [0.05, 0.1) is 5.69 Å². The van der Waals surface area contributed by atoms with Gasteiger partial charge in [0.25, 0.3) is 0 Å². The van der Waals surface area contributed by atoms with E-state index in [-0.39, 0.29) is 0 Å². The zero-order chi connectivity index (χ0) is 15.9. The van der Waals surface area contributed by atoms with E-state index < -0.39 is 0 Å². The number of nitrogens with one attached hydrogen (secondary N) is 1. The van der Waals surface area contributed by atoms with Crippen molar-refractivity contribution in [1.82, 2.24) is 15.2 Å². The topological polar surface area (TPSA) is 37.4 Å². The summed E-state index contributed by atoms with van der Waals surface area (Å²) >= 11 is 3.53. The van der Waals surface area contributed by atoms with E-state index in [0.29, 0.717) is 6.61 Å². The Morgan fingerprint density at radius 2 is 2.04 bits per heavy atom. The van der Waals surface area contributed by atoms with Crippen molar-refractivity contribution in [1.29, 1.82) is 0 Å². The lowest BCUT2D eigenvalue weighted by Gasteiger charge is -2.26. The lowest BCUT2D eigenvalue weighted by atomic mass is 10.3. The van der Waals surface area contributed by atoms with Crippen LogP contribution in [0.25, 0.3) is 0 Å². The van der Waals surface area contributed by atoms with E-state index >= 15 is 0 Å². The number of benzene rings is 1. The molecule has 3 rings (SSSR count). The molecule has 23 heavy (non-hydrogen) atoms. The number of hydrogen-bond acceptors (Lipinski definition) is 6. The van der Waals surface area contributed by atoms with Gasteiger partial charge in [-0.05, 0) is 30.0 Å². The molecule has 1 aromatic carbocycles. The van der Waals surface area contributed by atoms with Crippen molar-refractivity contribution >= 4 is 23.1 Å². The second-order valence-electron chi connectivity index (χ2n) is 5.45. The molecule has 1 aliphatic heterocycles. The first-order chi connectivity index (χ1) is 11.3. The molecule has 0 aliphatic carbocycles. The lowest BCUT2D eigenvalue weighted by molar-refractivity contribution is 0.230. The summed E-state index contributed by atoms with van der Waals surface area (Å²) in [5.74, 6) is 2.00. The number of thioether (sulfide) groups is 1. The Hall–Kier alpha value is -1.08. The zero-order valence-corrected chi connectivity index (χ0v) is 15.1. The first-order valence-corrected chi connectivity index (χ1v) is 9.92. The summed E-state index contributed by atoms with van der Waals surface area (Å²) in [7, 11) is 0. The normalized spacial score (nSPS) is 15.7. The molecule has 0 unspecified atom stereocenters. The van der Waals surface area contributed by atoms with Crippen LogP contribution in [0.3, 0.4) is 0 Å². The van der Waals surface area contributed by atoms with Gasteiger partial charge in [-0.25, -0.2) is 4.98 Å².